The van der Waals surface area contributed by atoms with Gasteiger partial charge in [0.25, 0.3) is 11.8 Å². The molecule has 2 aliphatic heterocycles. The van der Waals surface area contributed by atoms with Crippen LogP contribution < -0.4 is 22.5 Å². The van der Waals surface area contributed by atoms with Crippen molar-refractivity contribution in [2.75, 3.05) is 23.9 Å². The fraction of sp³-hybridized carbons (Fsp3) is 0.188. The lowest BCUT2D eigenvalue weighted by atomic mass is 10.0. The second-order valence-electron chi connectivity index (χ2n) is 10.8. The van der Waals surface area contributed by atoms with E-state index in [1.165, 1.54) is 0 Å². The first kappa shape index (κ1) is 39.7. The Hall–Kier alpha value is -5.10. The average Bonchev–Trinajstić information content (AvgIpc) is 3.13. The van der Waals surface area contributed by atoms with Crippen molar-refractivity contribution in [3.05, 3.63) is 114 Å². The minimum atomic E-state index is -1.26. The number of anilines is 2. The third kappa shape index (κ3) is 10.2. The largest absolute Gasteiger partial charge is 0.478 e. The summed E-state index contributed by atoms with van der Waals surface area (Å²) in [5.41, 5.74) is 9.11. The number of nitrogens with one attached hydrogen (secondary N) is 2. The number of hydrogen-bond acceptors (Lipinski definition) is 12. The van der Waals surface area contributed by atoms with Gasteiger partial charge in [-0.05, 0) is 47.5 Å². The summed E-state index contributed by atoms with van der Waals surface area (Å²) in [6.45, 7) is 1.91. The number of nitrogen functional groups attached to an aromatic ring is 2. The van der Waals surface area contributed by atoms with E-state index in [9.17, 15) is 19.2 Å². The zero-order valence-electron chi connectivity index (χ0n) is 26.9. The van der Waals surface area contributed by atoms with Crippen LogP contribution in [-0.2, 0) is 35.5 Å². The van der Waals surface area contributed by atoms with E-state index < -0.39 is 11.9 Å². The van der Waals surface area contributed by atoms with Crippen LogP contribution in [0.25, 0.3) is 0 Å². The van der Waals surface area contributed by atoms with E-state index in [0.29, 0.717) is 94.0 Å². The minimum Gasteiger partial charge on any atom is -0.478 e. The number of carbonyl (C=O) groups is 4. The molecular weight excluding hydrogens is 762 g/mol. The van der Waals surface area contributed by atoms with E-state index in [1.807, 2.05) is 0 Å². The number of benzene rings is 2. The first-order chi connectivity index (χ1) is 24.8. The summed E-state index contributed by atoms with van der Waals surface area (Å²) in [5.74, 6) is 8.70. The third-order valence-electron chi connectivity index (χ3n) is 7.47. The molecule has 0 saturated carbocycles. The Balaban J connectivity index is 0.000000193. The molecule has 0 aliphatic carbocycles. The molecular formula is C32H30Cl4N10O6. The number of hydrazine groups is 2. The van der Waals surface area contributed by atoms with Crippen LogP contribution in [0.3, 0.4) is 0 Å². The van der Waals surface area contributed by atoms with Gasteiger partial charge in [0.05, 0.1) is 42.6 Å². The number of fused-ring (bicyclic) bond motifs is 2. The number of aliphatic carboxylic acids is 2. The molecule has 4 heterocycles. The molecule has 4 aromatic rings. The Labute approximate surface area is 316 Å². The Bertz CT molecular complexity index is 1840. The van der Waals surface area contributed by atoms with Crippen LogP contribution in [0.5, 0.6) is 0 Å². The molecule has 0 saturated heterocycles. The van der Waals surface area contributed by atoms with Crippen molar-refractivity contribution in [1.82, 2.24) is 30.2 Å². The van der Waals surface area contributed by atoms with E-state index in [1.54, 1.807) is 58.3 Å². The first-order valence-electron chi connectivity index (χ1n) is 15.1. The Kier molecular flexibility index (Phi) is 14.0. The number of hydrogen-bond donors (Lipinski definition) is 6. The Morgan fingerprint density at radius 3 is 1.29 bits per heavy atom. The summed E-state index contributed by atoms with van der Waals surface area (Å²) < 4.78 is 0. The van der Waals surface area contributed by atoms with Crippen molar-refractivity contribution in [1.29, 1.82) is 0 Å². The zero-order chi connectivity index (χ0) is 37.9. The van der Waals surface area contributed by atoms with Gasteiger partial charge in [0.1, 0.15) is 0 Å². The third-order valence-corrected chi connectivity index (χ3v) is 8.73. The van der Waals surface area contributed by atoms with Crippen LogP contribution in [0.4, 0.5) is 11.6 Å². The summed E-state index contributed by atoms with van der Waals surface area (Å²) in [5, 5.41) is 33.1. The Morgan fingerprint density at radius 2 is 0.981 bits per heavy atom. The second-order valence-corrected chi connectivity index (χ2v) is 12.5. The Morgan fingerprint density at radius 1 is 0.635 bits per heavy atom. The van der Waals surface area contributed by atoms with Crippen molar-refractivity contribution >= 4 is 81.8 Å². The molecule has 0 atom stereocenters. The highest BCUT2D eigenvalue weighted by Crippen LogP contribution is 2.29. The molecule has 20 heteroatoms. The number of carboxylic acid groups (broad SMARTS) is 2. The fourth-order valence-corrected chi connectivity index (χ4v) is 6.13. The van der Waals surface area contributed by atoms with Crippen LogP contribution in [0.2, 0.25) is 20.1 Å². The number of amides is 2. The minimum absolute atomic E-state index is 0.194. The zero-order valence-corrected chi connectivity index (χ0v) is 29.9. The smallest absolute Gasteiger partial charge is 0.328 e. The quantitative estimate of drug-likeness (QED) is 0.0909. The number of carboxylic acids is 2. The molecule has 0 unspecified atom stereocenters. The number of nitrogens with two attached hydrogens (primary N) is 2. The maximum atomic E-state index is 12.7. The van der Waals surface area contributed by atoms with Crippen molar-refractivity contribution in [2.24, 2.45) is 11.7 Å². The normalized spacial score (nSPS) is 13.0. The lowest BCUT2D eigenvalue weighted by Gasteiger charge is -2.28. The molecule has 2 aliphatic rings. The molecule has 2 aromatic carbocycles. The van der Waals surface area contributed by atoms with Gasteiger partial charge in [-0.25, -0.2) is 21.3 Å². The van der Waals surface area contributed by atoms with Crippen LogP contribution in [0, 0.1) is 0 Å². The van der Waals surface area contributed by atoms with Gasteiger partial charge in [0.2, 0.25) is 0 Å². The number of aromatic nitrogens is 4. The summed E-state index contributed by atoms with van der Waals surface area (Å²) >= 11 is 24.4. The van der Waals surface area contributed by atoms with Crippen molar-refractivity contribution in [3.8, 4) is 0 Å². The van der Waals surface area contributed by atoms with Gasteiger partial charge in [-0.2, -0.15) is 10.2 Å². The number of halogens is 4. The topological polar surface area (TPSA) is 243 Å². The molecule has 0 spiro atoms. The maximum absolute atomic E-state index is 12.7. The molecule has 6 rings (SSSR count). The fourth-order valence-electron chi connectivity index (χ4n) is 5.01. The van der Waals surface area contributed by atoms with Gasteiger partial charge in [-0.3, -0.25) is 9.59 Å². The SMILES string of the molecule is NNc1cc2c(nn1)CCN(C(=O)c1c(Cl)cccc1Cl)C2.NNc1cc2c(nn1)CCN(C(=O)c1c(Cl)cccc1Cl)C2.O=C(O)/C=C/C(=O)O. The second kappa shape index (κ2) is 18.4. The molecule has 52 heavy (non-hydrogen) atoms. The van der Waals surface area contributed by atoms with E-state index in [2.05, 4.69) is 31.2 Å². The molecule has 8 N–H and O–H groups in total. The summed E-state index contributed by atoms with van der Waals surface area (Å²) in [4.78, 5) is 47.9. The summed E-state index contributed by atoms with van der Waals surface area (Å²) in [7, 11) is 0. The van der Waals surface area contributed by atoms with Crippen LogP contribution in [0.1, 0.15) is 43.2 Å². The van der Waals surface area contributed by atoms with E-state index in [-0.39, 0.29) is 11.8 Å². The van der Waals surface area contributed by atoms with Crippen molar-refractivity contribution in [3.63, 3.8) is 0 Å². The molecule has 0 fully saturated rings. The number of nitrogens with zero attached hydrogens (tertiary/aromatic N) is 6. The van der Waals surface area contributed by atoms with Crippen LogP contribution in [0.15, 0.2) is 60.7 Å². The van der Waals surface area contributed by atoms with Gasteiger partial charge >= 0.3 is 11.9 Å². The predicted octanol–water partition coefficient (Wildman–Crippen LogP) is 4.25. The molecule has 2 amide bonds. The van der Waals surface area contributed by atoms with E-state index in [4.69, 9.17) is 68.3 Å². The van der Waals surface area contributed by atoms with E-state index >= 15 is 0 Å². The highest BCUT2D eigenvalue weighted by Gasteiger charge is 2.27. The molecule has 16 nitrogen and oxygen atoms in total. The lowest BCUT2D eigenvalue weighted by Crippen LogP contribution is -2.37. The predicted molar refractivity (Wildman–Crippen MR) is 194 cm³/mol. The molecule has 0 bridgehead atoms. The van der Waals surface area contributed by atoms with Crippen molar-refractivity contribution in [2.45, 2.75) is 25.9 Å². The van der Waals surface area contributed by atoms with E-state index in [0.717, 1.165) is 22.5 Å². The van der Waals surface area contributed by atoms with Gasteiger partial charge < -0.3 is 30.9 Å². The van der Waals surface area contributed by atoms with Gasteiger partial charge in [-0.1, -0.05) is 58.5 Å². The van der Waals surface area contributed by atoms with Crippen molar-refractivity contribution < 1.29 is 29.4 Å². The average molecular weight is 792 g/mol. The first-order valence-corrected chi connectivity index (χ1v) is 16.6. The van der Waals surface area contributed by atoms with Crippen LogP contribution >= 0.6 is 46.4 Å². The van der Waals surface area contributed by atoms with Crippen LogP contribution in [-0.4, -0.2) is 77.3 Å². The molecule has 2 aromatic heterocycles. The maximum Gasteiger partial charge on any atom is 0.328 e. The highest BCUT2D eigenvalue weighted by atomic mass is 35.5. The lowest BCUT2D eigenvalue weighted by molar-refractivity contribution is -0.134. The molecule has 0 radical (unpaired) electrons. The monoisotopic (exact) mass is 790 g/mol. The molecule has 272 valence electrons. The van der Waals surface area contributed by atoms with Gasteiger partial charge in [-0.15, -0.1) is 10.2 Å². The standard InChI is InChI=1S/2C14H13Cl2N5O.C4H4O4/c2*15-9-2-1-3-10(16)13(9)14(22)21-5-4-11-8(7-21)6-12(18-17)20-19-11;5-3(6)1-2-4(7)8/h2*1-3,6H,4-5,7,17H2,(H,18,20);1-2H,(H,5,6)(H,7,8)/b;;2-1+. The highest BCUT2D eigenvalue weighted by molar-refractivity contribution is 6.40. The summed E-state index contributed by atoms with van der Waals surface area (Å²) in [6.07, 6.45) is 2.37. The van der Waals surface area contributed by atoms with Gasteiger partial charge in [0.15, 0.2) is 11.6 Å². The van der Waals surface area contributed by atoms with Gasteiger partial charge in [0, 0.05) is 51.2 Å². The summed E-state index contributed by atoms with van der Waals surface area (Å²) in [6, 6.07) is 13.6. The number of rotatable bonds is 6. The number of carbonyl (C=O) groups excluding carboxylic acids is 2.